The van der Waals surface area contributed by atoms with Crippen molar-refractivity contribution in [2.75, 3.05) is 0 Å². The van der Waals surface area contributed by atoms with Crippen LogP contribution in [0.25, 0.3) is 0 Å². The van der Waals surface area contributed by atoms with Crippen LogP contribution in [-0.2, 0) is 16.1 Å². The predicted molar refractivity (Wildman–Crippen MR) is 78.3 cm³/mol. The van der Waals surface area contributed by atoms with Crippen LogP contribution < -0.4 is 5.32 Å². The molecule has 1 heterocycles. The van der Waals surface area contributed by atoms with Crippen molar-refractivity contribution in [3.63, 3.8) is 0 Å². The summed E-state index contributed by atoms with van der Waals surface area (Å²) >= 11 is 5.88. The van der Waals surface area contributed by atoms with Gasteiger partial charge in [0.2, 0.25) is 11.8 Å². The second kappa shape index (κ2) is 4.98. The van der Waals surface area contributed by atoms with Crippen molar-refractivity contribution in [2.45, 2.75) is 45.3 Å². The topological polar surface area (TPSA) is 49.4 Å². The molecule has 0 radical (unpaired) electrons. The van der Waals surface area contributed by atoms with Gasteiger partial charge in [0.05, 0.1) is 0 Å². The van der Waals surface area contributed by atoms with Crippen molar-refractivity contribution in [3.8, 4) is 0 Å². The van der Waals surface area contributed by atoms with E-state index >= 15 is 0 Å². The minimum absolute atomic E-state index is 0.00488. The maximum atomic E-state index is 13.9. The molecular formula is C15H18ClFN2O2. The lowest BCUT2D eigenvalue weighted by molar-refractivity contribution is -0.160. The van der Waals surface area contributed by atoms with Crippen LogP contribution in [0.4, 0.5) is 4.39 Å². The van der Waals surface area contributed by atoms with Crippen LogP contribution in [0.2, 0.25) is 5.02 Å². The van der Waals surface area contributed by atoms with E-state index in [-0.39, 0.29) is 23.9 Å². The lowest BCUT2D eigenvalue weighted by atomic mass is 9.89. The van der Waals surface area contributed by atoms with Gasteiger partial charge in [-0.05, 0) is 45.9 Å². The van der Waals surface area contributed by atoms with Crippen molar-refractivity contribution in [1.29, 1.82) is 0 Å². The van der Waals surface area contributed by atoms with E-state index in [1.54, 1.807) is 27.7 Å². The smallest absolute Gasteiger partial charge is 0.248 e. The molecule has 114 valence electrons. The van der Waals surface area contributed by atoms with Gasteiger partial charge in [0.1, 0.15) is 16.9 Å². The first-order valence-electron chi connectivity index (χ1n) is 6.64. The van der Waals surface area contributed by atoms with Gasteiger partial charge in [-0.3, -0.25) is 9.59 Å². The van der Waals surface area contributed by atoms with Crippen LogP contribution >= 0.6 is 11.6 Å². The molecule has 0 aliphatic carbocycles. The fourth-order valence-electron chi connectivity index (χ4n) is 2.31. The molecule has 21 heavy (non-hydrogen) atoms. The molecule has 4 nitrogen and oxygen atoms in total. The standard InChI is InChI=1S/C15H18ClFN2O2/c1-14(2)13(21)19(15(3,4)12(20)18-14)8-9-7-10(16)5-6-11(9)17/h5-7H,8H2,1-4H3,(H,18,20). The summed E-state index contributed by atoms with van der Waals surface area (Å²) in [5.41, 5.74) is -1.78. The van der Waals surface area contributed by atoms with Crippen LogP contribution in [0.3, 0.4) is 0 Å². The first-order valence-corrected chi connectivity index (χ1v) is 7.02. The Kier molecular flexibility index (Phi) is 3.74. The number of hydrogen-bond acceptors (Lipinski definition) is 2. The maximum absolute atomic E-state index is 13.9. The van der Waals surface area contributed by atoms with Gasteiger partial charge in [-0.2, -0.15) is 0 Å². The predicted octanol–water partition coefficient (Wildman–Crippen LogP) is 2.49. The molecule has 0 spiro atoms. The van der Waals surface area contributed by atoms with Gasteiger partial charge >= 0.3 is 0 Å². The van der Waals surface area contributed by atoms with E-state index < -0.39 is 16.9 Å². The van der Waals surface area contributed by atoms with Gasteiger partial charge in [-0.15, -0.1) is 0 Å². The molecule has 6 heteroatoms. The zero-order valence-corrected chi connectivity index (χ0v) is 13.2. The molecule has 0 unspecified atom stereocenters. The summed E-state index contributed by atoms with van der Waals surface area (Å²) in [7, 11) is 0. The van der Waals surface area contributed by atoms with E-state index in [1.807, 2.05) is 0 Å². The Morgan fingerprint density at radius 2 is 1.86 bits per heavy atom. The number of amides is 2. The number of piperazine rings is 1. The van der Waals surface area contributed by atoms with Gasteiger partial charge in [-0.1, -0.05) is 11.6 Å². The molecule has 0 bridgehead atoms. The van der Waals surface area contributed by atoms with Gasteiger partial charge in [0, 0.05) is 17.1 Å². The molecule has 0 aromatic heterocycles. The van der Waals surface area contributed by atoms with Gasteiger partial charge in [0.25, 0.3) is 0 Å². The second-order valence-electron chi connectivity index (χ2n) is 6.27. The van der Waals surface area contributed by atoms with Crippen molar-refractivity contribution in [2.24, 2.45) is 0 Å². The van der Waals surface area contributed by atoms with E-state index in [0.29, 0.717) is 5.02 Å². The lowest BCUT2D eigenvalue weighted by Crippen LogP contribution is -2.71. The number of halogens is 2. The van der Waals surface area contributed by atoms with E-state index in [0.717, 1.165) is 0 Å². The third-order valence-corrected chi connectivity index (χ3v) is 4.01. The van der Waals surface area contributed by atoms with Crippen LogP contribution in [-0.4, -0.2) is 27.8 Å². The summed E-state index contributed by atoms with van der Waals surface area (Å²) in [5, 5.41) is 3.07. The molecule has 0 atom stereocenters. The third kappa shape index (κ3) is 2.75. The molecule has 1 aliphatic heterocycles. The number of rotatable bonds is 2. The Morgan fingerprint density at radius 1 is 1.24 bits per heavy atom. The SMILES string of the molecule is CC1(C)NC(=O)C(C)(C)N(Cc2cc(Cl)ccc2F)C1=O. The fourth-order valence-corrected chi connectivity index (χ4v) is 2.50. The number of benzene rings is 1. The lowest BCUT2D eigenvalue weighted by Gasteiger charge is -2.47. The average molecular weight is 313 g/mol. The summed E-state index contributed by atoms with van der Waals surface area (Å²) in [6.07, 6.45) is 0. The van der Waals surface area contributed by atoms with Crippen molar-refractivity contribution in [1.82, 2.24) is 10.2 Å². The molecule has 2 rings (SSSR count). The Labute approximate surface area is 128 Å². The van der Waals surface area contributed by atoms with E-state index in [2.05, 4.69) is 5.32 Å². The second-order valence-corrected chi connectivity index (χ2v) is 6.70. The van der Waals surface area contributed by atoms with E-state index in [9.17, 15) is 14.0 Å². The Balaban J connectivity index is 2.41. The summed E-state index contributed by atoms with van der Waals surface area (Å²) in [4.78, 5) is 26.2. The van der Waals surface area contributed by atoms with Gasteiger partial charge in [0.15, 0.2) is 0 Å². The van der Waals surface area contributed by atoms with Crippen LogP contribution in [0.1, 0.15) is 33.3 Å². The molecule has 1 N–H and O–H groups in total. The number of hydrogen-bond donors (Lipinski definition) is 1. The van der Waals surface area contributed by atoms with Crippen LogP contribution in [0.5, 0.6) is 0 Å². The number of nitrogens with zero attached hydrogens (tertiary/aromatic N) is 1. The molecular weight excluding hydrogens is 295 g/mol. The number of nitrogens with one attached hydrogen (secondary N) is 1. The Bertz CT molecular complexity index is 614. The fraction of sp³-hybridized carbons (Fsp3) is 0.467. The summed E-state index contributed by atoms with van der Waals surface area (Å²) < 4.78 is 13.9. The zero-order valence-electron chi connectivity index (χ0n) is 12.5. The highest BCUT2D eigenvalue weighted by Crippen LogP contribution is 2.29. The quantitative estimate of drug-likeness (QED) is 0.912. The Morgan fingerprint density at radius 3 is 2.48 bits per heavy atom. The van der Waals surface area contributed by atoms with Gasteiger partial charge in [-0.25, -0.2) is 4.39 Å². The van der Waals surface area contributed by atoms with E-state index in [4.69, 9.17) is 11.6 Å². The van der Waals surface area contributed by atoms with Crippen LogP contribution in [0.15, 0.2) is 18.2 Å². The summed E-state index contributed by atoms with van der Waals surface area (Å²) in [6.45, 7) is 6.53. The zero-order chi connectivity index (χ0) is 16.0. The normalized spacial score (nSPS) is 20.4. The van der Waals surface area contributed by atoms with Crippen molar-refractivity contribution in [3.05, 3.63) is 34.6 Å². The minimum Gasteiger partial charge on any atom is -0.340 e. The number of carbonyl (C=O) groups is 2. The molecule has 1 fully saturated rings. The Hall–Kier alpha value is -1.62. The third-order valence-electron chi connectivity index (χ3n) is 3.77. The molecule has 1 aliphatic rings. The monoisotopic (exact) mass is 312 g/mol. The highest BCUT2D eigenvalue weighted by atomic mass is 35.5. The average Bonchev–Trinajstić information content (AvgIpc) is 2.36. The van der Waals surface area contributed by atoms with E-state index in [1.165, 1.54) is 23.1 Å². The first-order chi connectivity index (χ1) is 9.55. The highest BCUT2D eigenvalue weighted by molar-refractivity contribution is 6.30. The summed E-state index contributed by atoms with van der Waals surface area (Å²) in [5.74, 6) is -0.979. The molecule has 1 aromatic carbocycles. The summed E-state index contributed by atoms with van der Waals surface area (Å²) in [6, 6.07) is 4.17. The molecule has 1 aromatic rings. The van der Waals surface area contributed by atoms with Crippen molar-refractivity contribution >= 4 is 23.4 Å². The van der Waals surface area contributed by atoms with Gasteiger partial charge < -0.3 is 10.2 Å². The maximum Gasteiger partial charge on any atom is 0.248 e. The molecule has 0 saturated carbocycles. The van der Waals surface area contributed by atoms with Crippen molar-refractivity contribution < 1.29 is 14.0 Å². The first kappa shape index (κ1) is 15.8. The minimum atomic E-state index is -1.05. The molecule has 2 amide bonds. The number of carbonyl (C=O) groups excluding carboxylic acids is 2. The van der Waals surface area contributed by atoms with Crippen LogP contribution in [0, 0.1) is 5.82 Å². The largest absolute Gasteiger partial charge is 0.340 e. The highest BCUT2D eigenvalue weighted by Gasteiger charge is 2.50. The molecule has 1 saturated heterocycles.